The van der Waals surface area contributed by atoms with Gasteiger partial charge in [0.25, 0.3) is 0 Å². The summed E-state index contributed by atoms with van der Waals surface area (Å²) in [7, 11) is 0. The maximum Gasteiger partial charge on any atom is 0.243 e. The van der Waals surface area contributed by atoms with Gasteiger partial charge in [-0.1, -0.05) is 27.2 Å². The molecule has 2 rings (SSSR count). The molecule has 0 aromatic heterocycles. The van der Waals surface area contributed by atoms with Crippen molar-refractivity contribution in [2.75, 3.05) is 19.8 Å². The lowest BCUT2D eigenvalue weighted by Gasteiger charge is -2.38. The number of hydrogen-bond donors (Lipinski definition) is 1. The van der Waals surface area contributed by atoms with E-state index in [0.717, 1.165) is 51.9 Å². The number of ether oxygens (including phenoxy) is 1. The van der Waals surface area contributed by atoms with E-state index in [9.17, 15) is 4.79 Å². The van der Waals surface area contributed by atoms with E-state index < -0.39 is 0 Å². The second-order valence-corrected chi connectivity index (χ2v) is 6.99. The average Bonchev–Trinajstić information content (AvgIpc) is 2.65. The smallest absolute Gasteiger partial charge is 0.243 e. The topological polar surface area (TPSA) is 41.6 Å². The molecule has 2 saturated heterocycles. The number of nitrogens with one attached hydrogen (secondary N) is 1. The third-order valence-corrected chi connectivity index (χ3v) is 5.12. The Labute approximate surface area is 123 Å². The van der Waals surface area contributed by atoms with Crippen molar-refractivity contribution in [1.82, 2.24) is 10.2 Å². The van der Waals surface area contributed by atoms with Crippen molar-refractivity contribution in [1.29, 1.82) is 0 Å². The molecule has 0 aliphatic carbocycles. The van der Waals surface area contributed by atoms with Gasteiger partial charge in [0.15, 0.2) is 0 Å². The molecule has 2 fully saturated rings. The van der Waals surface area contributed by atoms with Crippen molar-refractivity contribution in [3.8, 4) is 0 Å². The highest BCUT2D eigenvalue weighted by Gasteiger charge is 2.48. The van der Waals surface area contributed by atoms with Crippen LogP contribution in [0.4, 0.5) is 0 Å². The van der Waals surface area contributed by atoms with Crippen LogP contribution >= 0.6 is 0 Å². The predicted molar refractivity (Wildman–Crippen MR) is 80.4 cm³/mol. The highest BCUT2D eigenvalue weighted by Crippen LogP contribution is 2.35. The minimum absolute atomic E-state index is 0.206. The zero-order valence-corrected chi connectivity index (χ0v) is 13.5. The van der Waals surface area contributed by atoms with Gasteiger partial charge in [-0.05, 0) is 38.0 Å². The monoisotopic (exact) mass is 282 g/mol. The molecule has 116 valence electrons. The fourth-order valence-corrected chi connectivity index (χ4v) is 3.34. The minimum atomic E-state index is -0.374. The van der Waals surface area contributed by atoms with Gasteiger partial charge in [0.05, 0.1) is 11.7 Å². The van der Waals surface area contributed by atoms with Crippen LogP contribution in [0, 0.1) is 5.41 Å². The second-order valence-electron chi connectivity index (χ2n) is 6.99. The number of carbonyl (C=O) groups excluding carboxylic acids is 1. The van der Waals surface area contributed by atoms with E-state index in [1.165, 1.54) is 0 Å². The van der Waals surface area contributed by atoms with Crippen molar-refractivity contribution >= 4 is 5.91 Å². The summed E-state index contributed by atoms with van der Waals surface area (Å²) in [6.07, 6.45) is 5.30. The number of carbonyl (C=O) groups is 1. The normalized spacial score (nSPS) is 33.7. The lowest BCUT2D eigenvalue weighted by Crippen LogP contribution is -2.46. The molecule has 2 unspecified atom stereocenters. The van der Waals surface area contributed by atoms with Gasteiger partial charge in [-0.25, -0.2) is 0 Å². The quantitative estimate of drug-likeness (QED) is 0.842. The van der Waals surface area contributed by atoms with E-state index in [-0.39, 0.29) is 23.0 Å². The number of rotatable bonds is 5. The Morgan fingerprint density at radius 1 is 1.30 bits per heavy atom. The highest BCUT2D eigenvalue weighted by molar-refractivity contribution is 5.88. The first-order chi connectivity index (χ1) is 9.44. The summed E-state index contributed by atoms with van der Waals surface area (Å²) >= 11 is 0. The molecule has 4 nitrogen and oxygen atoms in total. The van der Waals surface area contributed by atoms with E-state index in [1.54, 1.807) is 0 Å². The summed E-state index contributed by atoms with van der Waals surface area (Å²) in [5.74, 6) is 0.283. The molecule has 2 atom stereocenters. The lowest BCUT2D eigenvalue weighted by atomic mass is 9.81. The van der Waals surface area contributed by atoms with E-state index in [0.29, 0.717) is 0 Å². The summed E-state index contributed by atoms with van der Waals surface area (Å²) < 4.78 is 5.47. The largest absolute Gasteiger partial charge is 0.381 e. The van der Waals surface area contributed by atoms with Gasteiger partial charge in [0, 0.05) is 19.8 Å². The SMILES string of the molecule is CCCC1NC(C)(CC)C(=O)N1CC1(C)CCOCC1. The maximum atomic E-state index is 12.8. The maximum absolute atomic E-state index is 12.8. The molecule has 0 spiro atoms. The van der Waals surface area contributed by atoms with Crippen molar-refractivity contribution < 1.29 is 9.53 Å². The first-order valence-electron chi connectivity index (χ1n) is 8.10. The van der Waals surface area contributed by atoms with Crippen molar-refractivity contribution in [3.05, 3.63) is 0 Å². The Morgan fingerprint density at radius 2 is 1.95 bits per heavy atom. The molecule has 0 bridgehead atoms. The molecule has 0 aromatic carbocycles. The van der Waals surface area contributed by atoms with Gasteiger partial charge in [-0.15, -0.1) is 0 Å². The molecular weight excluding hydrogens is 252 g/mol. The summed E-state index contributed by atoms with van der Waals surface area (Å²) in [6, 6.07) is 0. The molecule has 1 amide bonds. The van der Waals surface area contributed by atoms with Crippen LogP contribution in [0.5, 0.6) is 0 Å². The number of amides is 1. The third kappa shape index (κ3) is 3.01. The predicted octanol–water partition coefficient (Wildman–Crippen LogP) is 2.53. The zero-order chi connectivity index (χ0) is 14.8. The second kappa shape index (κ2) is 6.02. The van der Waals surface area contributed by atoms with Crippen LogP contribution in [0.15, 0.2) is 0 Å². The van der Waals surface area contributed by atoms with E-state index >= 15 is 0 Å². The van der Waals surface area contributed by atoms with Crippen LogP contribution in [0.25, 0.3) is 0 Å². The molecule has 0 aromatic rings. The fraction of sp³-hybridized carbons (Fsp3) is 0.938. The Bertz CT molecular complexity index is 352. The minimum Gasteiger partial charge on any atom is -0.381 e. The van der Waals surface area contributed by atoms with E-state index in [1.807, 2.05) is 6.92 Å². The van der Waals surface area contributed by atoms with Crippen molar-refractivity contribution in [3.63, 3.8) is 0 Å². The van der Waals surface area contributed by atoms with Crippen LogP contribution in [-0.4, -0.2) is 42.3 Å². The zero-order valence-electron chi connectivity index (χ0n) is 13.5. The first kappa shape index (κ1) is 15.8. The van der Waals surface area contributed by atoms with Gasteiger partial charge in [0.2, 0.25) is 5.91 Å². The average molecular weight is 282 g/mol. The summed E-state index contributed by atoms with van der Waals surface area (Å²) in [5, 5.41) is 3.57. The van der Waals surface area contributed by atoms with Crippen molar-refractivity contribution in [2.45, 2.75) is 71.5 Å². The standard InChI is InChI=1S/C16H30N2O2/c1-5-7-13-17-16(4,6-2)14(19)18(13)12-15(3)8-10-20-11-9-15/h13,17H,5-12H2,1-4H3. The summed E-state index contributed by atoms with van der Waals surface area (Å²) in [5.41, 5.74) is -0.165. The van der Waals surface area contributed by atoms with Crippen molar-refractivity contribution in [2.24, 2.45) is 5.41 Å². The molecule has 1 N–H and O–H groups in total. The van der Waals surface area contributed by atoms with Crippen LogP contribution in [-0.2, 0) is 9.53 Å². The van der Waals surface area contributed by atoms with Gasteiger partial charge in [-0.3, -0.25) is 10.1 Å². The van der Waals surface area contributed by atoms with Crippen LogP contribution in [0.2, 0.25) is 0 Å². The molecule has 2 heterocycles. The molecule has 0 radical (unpaired) electrons. The van der Waals surface area contributed by atoms with Gasteiger partial charge in [0.1, 0.15) is 0 Å². The van der Waals surface area contributed by atoms with Gasteiger partial charge < -0.3 is 9.64 Å². The first-order valence-corrected chi connectivity index (χ1v) is 8.10. The Hall–Kier alpha value is -0.610. The van der Waals surface area contributed by atoms with E-state index in [2.05, 4.69) is 31.0 Å². The Kier molecular flexibility index (Phi) is 4.75. The van der Waals surface area contributed by atoms with Gasteiger partial charge in [-0.2, -0.15) is 0 Å². The van der Waals surface area contributed by atoms with Crippen LogP contribution in [0.1, 0.15) is 59.8 Å². The van der Waals surface area contributed by atoms with Crippen LogP contribution < -0.4 is 5.32 Å². The Balaban J connectivity index is 2.12. The third-order valence-electron chi connectivity index (χ3n) is 5.12. The molecule has 2 aliphatic rings. The summed E-state index contributed by atoms with van der Waals surface area (Å²) in [4.78, 5) is 14.9. The van der Waals surface area contributed by atoms with Crippen LogP contribution in [0.3, 0.4) is 0 Å². The molecule has 4 heteroatoms. The molecule has 20 heavy (non-hydrogen) atoms. The molecular formula is C16H30N2O2. The lowest BCUT2D eigenvalue weighted by molar-refractivity contribution is -0.135. The number of hydrogen-bond acceptors (Lipinski definition) is 3. The molecule has 2 aliphatic heterocycles. The number of nitrogens with zero attached hydrogens (tertiary/aromatic N) is 1. The fourth-order valence-electron chi connectivity index (χ4n) is 3.34. The highest BCUT2D eigenvalue weighted by atomic mass is 16.5. The molecule has 0 saturated carbocycles. The van der Waals surface area contributed by atoms with Gasteiger partial charge >= 0.3 is 0 Å². The van der Waals surface area contributed by atoms with E-state index in [4.69, 9.17) is 4.74 Å². The summed E-state index contributed by atoms with van der Waals surface area (Å²) in [6.45, 7) is 11.1. The Morgan fingerprint density at radius 3 is 2.50 bits per heavy atom.